The van der Waals surface area contributed by atoms with Gasteiger partial charge in [0.25, 0.3) is 0 Å². The van der Waals surface area contributed by atoms with Crippen molar-refractivity contribution >= 4 is 34.3 Å². The van der Waals surface area contributed by atoms with E-state index in [2.05, 4.69) is 33.7 Å². The topological polar surface area (TPSA) is 28.2 Å². The summed E-state index contributed by atoms with van der Waals surface area (Å²) in [6.45, 7) is 2.72. The second-order valence-electron chi connectivity index (χ2n) is 5.27. The van der Waals surface area contributed by atoms with Gasteiger partial charge in [-0.05, 0) is 32.0 Å². The smallest absolute Gasteiger partial charge is 0.107 e. The largest absolute Gasteiger partial charge is 0.308 e. The summed E-state index contributed by atoms with van der Waals surface area (Å²) < 4.78 is 0.857. The lowest BCUT2D eigenvalue weighted by atomic mass is 10.4. The number of nitrogens with zero attached hydrogens (tertiary/aromatic N) is 2. The van der Waals surface area contributed by atoms with Crippen LogP contribution >= 0.6 is 34.3 Å². The summed E-state index contributed by atoms with van der Waals surface area (Å²) in [4.78, 5) is 8.26. The first-order valence-corrected chi connectivity index (χ1v) is 8.86. The van der Waals surface area contributed by atoms with Gasteiger partial charge in [-0.2, -0.15) is 0 Å². The van der Waals surface area contributed by atoms with Crippen LogP contribution in [0.15, 0.2) is 17.5 Å². The van der Waals surface area contributed by atoms with Crippen LogP contribution in [0.25, 0.3) is 0 Å². The zero-order valence-electron chi connectivity index (χ0n) is 11.4. The second-order valence-corrected chi connectivity index (χ2v) is 8.01. The summed E-state index contributed by atoms with van der Waals surface area (Å²) in [5.41, 5.74) is 1.16. The first kappa shape index (κ1) is 14.5. The summed E-state index contributed by atoms with van der Waals surface area (Å²) in [5.74, 6) is 0. The normalized spacial score (nSPS) is 15.2. The Labute approximate surface area is 132 Å². The highest BCUT2D eigenvalue weighted by molar-refractivity contribution is 7.16. The minimum absolute atomic E-state index is 0.744. The highest BCUT2D eigenvalue weighted by Crippen LogP contribution is 2.23. The molecule has 3 rings (SSSR count). The molecule has 1 saturated carbocycles. The van der Waals surface area contributed by atoms with Crippen molar-refractivity contribution < 1.29 is 0 Å². The SMILES string of the molecule is CN(Cc1csc(CNC2CC2)n1)Cc1ccc(Cl)s1. The van der Waals surface area contributed by atoms with Gasteiger partial charge in [-0.15, -0.1) is 22.7 Å². The molecule has 0 spiro atoms. The number of thiophene rings is 1. The Morgan fingerprint density at radius 1 is 1.40 bits per heavy atom. The molecule has 0 aliphatic heterocycles. The third-order valence-electron chi connectivity index (χ3n) is 3.21. The Morgan fingerprint density at radius 2 is 2.25 bits per heavy atom. The molecule has 1 aliphatic rings. The van der Waals surface area contributed by atoms with E-state index in [1.54, 1.807) is 22.7 Å². The minimum Gasteiger partial charge on any atom is -0.308 e. The molecule has 20 heavy (non-hydrogen) atoms. The van der Waals surface area contributed by atoms with E-state index < -0.39 is 0 Å². The van der Waals surface area contributed by atoms with Crippen LogP contribution in [0.3, 0.4) is 0 Å². The molecular weight excluding hydrogens is 310 g/mol. The fraction of sp³-hybridized carbons (Fsp3) is 0.500. The quantitative estimate of drug-likeness (QED) is 0.839. The highest BCUT2D eigenvalue weighted by Gasteiger charge is 2.20. The van der Waals surface area contributed by atoms with Crippen LogP contribution in [0.4, 0.5) is 0 Å². The minimum atomic E-state index is 0.744. The molecule has 0 saturated heterocycles. The van der Waals surface area contributed by atoms with Gasteiger partial charge in [-0.25, -0.2) is 4.98 Å². The van der Waals surface area contributed by atoms with Crippen LogP contribution in [0, 0.1) is 0 Å². The fourth-order valence-electron chi connectivity index (χ4n) is 2.06. The Kier molecular flexibility index (Phi) is 4.73. The first-order valence-electron chi connectivity index (χ1n) is 6.78. The molecule has 2 aromatic heterocycles. The Hall–Kier alpha value is -0.460. The molecule has 1 N–H and O–H groups in total. The van der Waals surface area contributed by atoms with Crippen LogP contribution in [0.5, 0.6) is 0 Å². The van der Waals surface area contributed by atoms with E-state index in [1.807, 2.05) is 6.07 Å². The summed E-state index contributed by atoms with van der Waals surface area (Å²) >= 11 is 9.35. The third kappa shape index (κ3) is 4.27. The average Bonchev–Trinajstić information content (AvgIpc) is 3.00. The highest BCUT2D eigenvalue weighted by atomic mass is 35.5. The maximum Gasteiger partial charge on any atom is 0.107 e. The van der Waals surface area contributed by atoms with Gasteiger partial charge in [-0.1, -0.05) is 11.6 Å². The van der Waals surface area contributed by atoms with Crippen molar-refractivity contribution in [3.8, 4) is 0 Å². The van der Waals surface area contributed by atoms with Crippen molar-refractivity contribution in [3.05, 3.63) is 37.4 Å². The summed E-state index contributed by atoms with van der Waals surface area (Å²) in [6, 6.07) is 4.80. The molecule has 2 aromatic rings. The summed E-state index contributed by atoms with van der Waals surface area (Å²) in [5, 5.41) is 6.87. The standard InChI is InChI=1S/C14H18ClN3S2/c1-18(8-12-4-5-13(15)20-12)7-11-9-19-14(17-11)6-16-10-2-3-10/h4-5,9-10,16H,2-3,6-8H2,1H3. The van der Waals surface area contributed by atoms with Crippen molar-refractivity contribution in [2.45, 2.75) is 38.5 Å². The van der Waals surface area contributed by atoms with Gasteiger partial charge >= 0.3 is 0 Å². The van der Waals surface area contributed by atoms with Crippen LogP contribution in [-0.4, -0.2) is 23.0 Å². The zero-order valence-corrected chi connectivity index (χ0v) is 13.8. The fourth-order valence-corrected chi connectivity index (χ4v) is 3.96. The van der Waals surface area contributed by atoms with Crippen molar-refractivity contribution in [3.63, 3.8) is 0 Å². The van der Waals surface area contributed by atoms with Gasteiger partial charge < -0.3 is 5.32 Å². The van der Waals surface area contributed by atoms with E-state index in [0.717, 1.165) is 35.7 Å². The molecule has 0 radical (unpaired) electrons. The maximum absolute atomic E-state index is 5.96. The number of halogens is 1. The van der Waals surface area contributed by atoms with Crippen molar-refractivity contribution in [2.75, 3.05) is 7.05 Å². The molecule has 3 nitrogen and oxygen atoms in total. The van der Waals surface area contributed by atoms with Gasteiger partial charge in [-0.3, -0.25) is 4.90 Å². The van der Waals surface area contributed by atoms with Gasteiger partial charge in [0.05, 0.1) is 10.0 Å². The summed E-state index contributed by atoms with van der Waals surface area (Å²) in [7, 11) is 2.12. The number of hydrogen-bond donors (Lipinski definition) is 1. The van der Waals surface area contributed by atoms with Crippen molar-refractivity contribution in [1.29, 1.82) is 0 Å². The molecule has 108 valence electrons. The molecule has 0 aromatic carbocycles. The monoisotopic (exact) mass is 327 g/mol. The second kappa shape index (κ2) is 6.54. The van der Waals surface area contributed by atoms with E-state index in [9.17, 15) is 0 Å². The molecule has 1 fully saturated rings. The van der Waals surface area contributed by atoms with Crippen molar-refractivity contribution in [2.24, 2.45) is 0 Å². The van der Waals surface area contributed by atoms with E-state index in [-0.39, 0.29) is 0 Å². The van der Waals surface area contributed by atoms with Crippen LogP contribution in [0.2, 0.25) is 4.34 Å². The number of nitrogens with one attached hydrogen (secondary N) is 1. The number of rotatable bonds is 7. The van der Waals surface area contributed by atoms with Crippen molar-refractivity contribution in [1.82, 2.24) is 15.2 Å². The van der Waals surface area contributed by atoms with Gasteiger partial charge in [0.15, 0.2) is 0 Å². The van der Waals surface area contributed by atoms with Crippen LogP contribution in [-0.2, 0) is 19.6 Å². The zero-order chi connectivity index (χ0) is 13.9. The summed E-state index contributed by atoms with van der Waals surface area (Å²) in [6.07, 6.45) is 2.65. The number of aromatic nitrogens is 1. The third-order valence-corrected chi connectivity index (χ3v) is 5.32. The lowest BCUT2D eigenvalue weighted by Crippen LogP contribution is -2.17. The molecule has 2 heterocycles. The molecule has 6 heteroatoms. The van der Waals surface area contributed by atoms with Gasteiger partial charge in [0, 0.05) is 35.9 Å². The van der Waals surface area contributed by atoms with Gasteiger partial charge in [0.1, 0.15) is 5.01 Å². The Bertz CT molecular complexity index is 562. The number of thiazole rings is 1. The maximum atomic E-state index is 5.96. The molecular formula is C14H18ClN3S2. The molecule has 0 atom stereocenters. The predicted octanol–water partition coefficient (Wildman–Crippen LogP) is 3.74. The molecule has 1 aliphatic carbocycles. The molecule has 0 bridgehead atoms. The molecule has 0 amide bonds. The Morgan fingerprint density at radius 3 is 2.95 bits per heavy atom. The van der Waals surface area contributed by atoms with E-state index in [4.69, 9.17) is 11.6 Å². The lowest BCUT2D eigenvalue weighted by molar-refractivity contribution is 0.318. The van der Waals surface area contributed by atoms with E-state index >= 15 is 0 Å². The average molecular weight is 328 g/mol. The van der Waals surface area contributed by atoms with E-state index in [1.165, 1.54) is 22.7 Å². The molecule has 0 unspecified atom stereocenters. The van der Waals surface area contributed by atoms with Gasteiger partial charge in [0.2, 0.25) is 0 Å². The Balaban J connectivity index is 1.48. The van der Waals surface area contributed by atoms with Crippen LogP contribution < -0.4 is 5.32 Å². The number of hydrogen-bond acceptors (Lipinski definition) is 5. The first-order chi connectivity index (χ1) is 9.69. The van der Waals surface area contributed by atoms with Crippen LogP contribution in [0.1, 0.15) is 28.4 Å². The predicted molar refractivity (Wildman–Crippen MR) is 86.5 cm³/mol. The van der Waals surface area contributed by atoms with E-state index in [0.29, 0.717) is 0 Å². The lowest BCUT2D eigenvalue weighted by Gasteiger charge is -2.13.